The van der Waals surface area contributed by atoms with Gasteiger partial charge in [0.25, 0.3) is 0 Å². The van der Waals surface area contributed by atoms with Gasteiger partial charge in [-0.3, -0.25) is 4.90 Å². The quantitative estimate of drug-likeness (QED) is 0.522. The number of nitrogens with zero attached hydrogens (tertiary/aromatic N) is 1. The molecule has 1 saturated heterocycles. The molecule has 0 saturated carbocycles. The van der Waals surface area contributed by atoms with Crippen LogP contribution in [-0.2, 0) is 0 Å². The molecule has 1 aliphatic rings. The molecule has 1 rings (SSSR count). The van der Waals surface area contributed by atoms with Crippen molar-refractivity contribution in [3.8, 4) is 0 Å². The molecule has 0 aromatic heterocycles. The van der Waals surface area contributed by atoms with Crippen molar-refractivity contribution in [1.82, 2.24) is 4.90 Å². The van der Waals surface area contributed by atoms with Gasteiger partial charge in [-0.05, 0) is 25.9 Å². The van der Waals surface area contributed by atoms with Crippen LogP contribution in [0.2, 0.25) is 0 Å². The lowest BCUT2D eigenvalue weighted by atomic mass is 10.4. The highest BCUT2D eigenvalue weighted by atomic mass is 15.5. The summed E-state index contributed by atoms with van der Waals surface area (Å²) in [6.07, 6.45) is 4.56. The lowest BCUT2D eigenvalue weighted by molar-refractivity contribution is 0.433. The minimum Gasteiger partial charge on any atom is -0.295 e. The van der Waals surface area contributed by atoms with Crippen molar-refractivity contribution in [2.75, 3.05) is 13.1 Å². The third-order valence-electron chi connectivity index (χ3n) is 1.46. The minimum absolute atomic E-state index is 1.23. The molecule has 1 heteroatoms. The van der Waals surface area contributed by atoms with Crippen molar-refractivity contribution < 1.29 is 0 Å². The molecule has 0 N–H and O–H groups in total. The van der Waals surface area contributed by atoms with Gasteiger partial charge in [0, 0.05) is 6.54 Å². The van der Waals surface area contributed by atoms with Crippen LogP contribution in [0.4, 0.5) is 0 Å². The third-order valence-corrected chi connectivity index (χ3v) is 1.46. The van der Waals surface area contributed by atoms with E-state index < -0.39 is 0 Å². The summed E-state index contributed by atoms with van der Waals surface area (Å²) in [6.45, 7) is 8.15. The van der Waals surface area contributed by atoms with Crippen LogP contribution in [0.15, 0.2) is 12.7 Å². The molecule has 45 valence electrons. The zero-order valence-corrected chi connectivity index (χ0v) is 5.14. The summed E-state index contributed by atoms with van der Waals surface area (Å²) in [5.74, 6) is 0. The predicted molar refractivity (Wildman–Crippen MR) is 35.3 cm³/mol. The van der Waals surface area contributed by atoms with Crippen LogP contribution in [0.25, 0.3) is 0 Å². The summed E-state index contributed by atoms with van der Waals surface area (Å²) in [5.41, 5.74) is 0. The van der Waals surface area contributed by atoms with E-state index in [4.69, 9.17) is 0 Å². The highest BCUT2D eigenvalue weighted by Gasteiger charge is 2.08. The molecule has 0 spiro atoms. The number of rotatable bonds is 2. The highest BCUT2D eigenvalue weighted by molar-refractivity contribution is 4.88. The van der Waals surface area contributed by atoms with Crippen LogP contribution >= 0.6 is 0 Å². The van der Waals surface area contributed by atoms with Crippen molar-refractivity contribution in [3.05, 3.63) is 19.2 Å². The summed E-state index contributed by atoms with van der Waals surface area (Å²) in [5, 5.41) is 0. The Balaban J connectivity index is 2.14. The zero-order chi connectivity index (χ0) is 5.82. The van der Waals surface area contributed by atoms with Gasteiger partial charge in [-0.1, -0.05) is 6.08 Å². The number of likely N-dealkylation sites (tertiary alicyclic amines) is 1. The molecule has 1 fully saturated rings. The van der Waals surface area contributed by atoms with Gasteiger partial charge in [0.2, 0.25) is 0 Å². The fourth-order valence-electron chi connectivity index (χ4n) is 1.04. The average molecular weight is 112 g/mol. The second-order valence-corrected chi connectivity index (χ2v) is 2.13. The summed E-state index contributed by atoms with van der Waals surface area (Å²) >= 11 is 0. The zero-order valence-electron chi connectivity index (χ0n) is 5.14. The summed E-state index contributed by atoms with van der Waals surface area (Å²) < 4.78 is 0. The van der Waals surface area contributed by atoms with Crippen molar-refractivity contribution in [2.45, 2.75) is 12.8 Å². The number of hydrogen-bond acceptors (Lipinski definition) is 1. The SMILES string of the molecule is C=C[CH]N1CCC[14CH2]1. The second kappa shape index (κ2) is 2.88. The largest absolute Gasteiger partial charge is 0.295 e. The van der Waals surface area contributed by atoms with E-state index in [-0.39, 0.29) is 0 Å². The Morgan fingerprint density at radius 3 is 3.00 bits per heavy atom. The van der Waals surface area contributed by atoms with Gasteiger partial charge >= 0.3 is 0 Å². The van der Waals surface area contributed by atoms with Crippen LogP contribution in [-0.4, -0.2) is 18.0 Å². The summed E-state index contributed by atoms with van der Waals surface area (Å²) in [7, 11) is 0. The molecule has 1 aliphatic heterocycles. The highest BCUT2D eigenvalue weighted by Crippen LogP contribution is 2.08. The van der Waals surface area contributed by atoms with Crippen molar-refractivity contribution in [2.24, 2.45) is 0 Å². The first-order valence-electron chi connectivity index (χ1n) is 3.13. The van der Waals surface area contributed by atoms with Crippen LogP contribution < -0.4 is 0 Å². The molecule has 0 amide bonds. The molecule has 0 aromatic rings. The van der Waals surface area contributed by atoms with E-state index in [1.54, 1.807) is 0 Å². The van der Waals surface area contributed by atoms with Gasteiger partial charge in [-0.25, -0.2) is 0 Å². The lowest BCUT2D eigenvalue weighted by Crippen LogP contribution is -2.13. The summed E-state index contributed by atoms with van der Waals surface area (Å²) in [6, 6.07) is 0. The van der Waals surface area contributed by atoms with E-state index in [1.807, 2.05) is 6.08 Å². The Labute approximate surface area is 51.0 Å². The van der Waals surface area contributed by atoms with Gasteiger partial charge in [0.15, 0.2) is 0 Å². The van der Waals surface area contributed by atoms with E-state index in [1.165, 1.54) is 25.9 Å². The van der Waals surface area contributed by atoms with Crippen molar-refractivity contribution in [1.29, 1.82) is 0 Å². The lowest BCUT2D eigenvalue weighted by Gasteiger charge is -2.08. The molecule has 8 heavy (non-hydrogen) atoms. The first-order chi connectivity index (χ1) is 3.93. The Morgan fingerprint density at radius 1 is 1.62 bits per heavy atom. The van der Waals surface area contributed by atoms with E-state index >= 15 is 0 Å². The van der Waals surface area contributed by atoms with E-state index in [9.17, 15) is 0 Å². The average Bonchev–Trinajstić information content (AvgIpc) is 2.19. The van der Waals surface area contributed by atoms with Crippen LogP contribution in [0.3, 0.4) is 0 Å². The predicted octanol–water partition coefficient (Wildman–Crippen LogP) is 1.43. The van der Waals surface area contributed by atoms with Crippen LogP contribution in [0.1, 0.15) is 12.8 Å². The van der Waals surface area contributed by atoms with Crippen molar-refractivity contribution >= 4 is 0 Å². The van der Waals surface area contributed by atoms with E-state index in [0.717, 1.165) is 0 Å². The second-order valence-electron chi connectivity index (χ2n) is 2.13. The molecule has 1 nitrogen and oxygen atoms in total. The fourth-order valence-corrected chi connectivity index (χ4v) is 1.04. The van der Waals surface area contributed by atoms with Gasteiger partial charge in [0.1, 0.15) is 0 Å². The third kappa shape index (κ3) is 1.34. The standard InChI is InChI=1S/C7H12N/c1-2-5-8-6-3-4-7-8/h2,5H,1,3-4,6-7H2/i6+2. The Bertz CT molecular complexity index is 72.5. The topological polar surface area (TPSA) is 3.24 Å². The molecule has 0 atom stereocenters. The monoisotopic (exact) mass is 112 g/mol. The first-order valence-corrected chi connectivity index (χ1v) is 3.13. The molecule has 0 aliphatic carbocycles. The molecule has 0 bridgehead atoms. The van der Waals surface area contributed by atoms with Crippen LogP contribution in [0.5, 0.6) is 0 Å². The van der Waals surface area contributed by atoms with Gasteiger partial charge in [-0.15, -0.1) is 6.58 Å². The molecule has 0 unspecified atom stereocenters. The summed E-state index contributed by atoms with van der Waals surface area (Å²) in [4.78, 5) is 2.30. The fraction of sp³-hybridized carbons (Fsp3) is 0.571. The molecule has 0 aromatic carbocycles. The Kier molecular flexibility index (Phi) is 2.10. The van der Waals surface area contributed by atoms with Crippen LogP contribution in [0, 0.1) is 6.54 Å². The maximum atomic E-state index is 3.63. The number of hydrogen-bond donors (Lipinski definition) is 0. The Morgan fingerprint density at radius 2 is 2.50 bits per heavy atom. The van der Waals surface area contributed by atoms with Crippen molar-refractivity contribution in [3.63, 3.8) is 0 Å². The maximum Gasteiger partial charge on any atom is 0.0467 e. The molecular weight excluding hydrogens is 100 g/mol. The van der Waals surface area contributed by atoms with E-state index in [0.29, 0.717) is 0 Å². The normalized spacial score (nSPS) is 21.5. The molecular formula is C7H12N. The van der Waals surface area contributed by atoms with E-state index in [2.05, 4.69) is 18.0 Å². The Hall–Kier alpha value is -0.300. The first kappa shape index (κ1) is 5.83. The molecule has 1 radical (unpaired) electrons. The van der Waals surface area contributed by atoms with Gasteiger partial charge in [-0.2, -0.15) is 0 Å². The maximum absolute atomic E-state index is 3.63. The minimum atomic E-state index is 1.23. The smallest absolute Gasteiger partial charge is 0.0467 e. The van der Waals surface area contributed by atoms with Gasteiger partial charge in [0.05, 0.1) is 0 Å². The van der Waals surface area contributed by atoms with Gasteiger partial charge < -0.3 is 0 Å². The molecule has 1 heterocycles.